The fourth-order valence-electron chi connectivity index (χ4n) is 3.61. The smallest absolute Gasteiger partial charge is 0.257 e. The van der Waals surface area contributed by atoms with Gasteiger partial charge in [0.15, 0.2) is 5.65 Å². The minimum atomic E-state index is -0.447. The molecule has 0 radical (unpaired) electrons. The van der Waals surface area contributed by atoms with Crippen LogP contribution in [-0.2, 0) is 9.47 Å². The molecule has 11 heteroatoms. The fraction of sp³-hybridized carbons (Fsp3) is 0.400. The molecule has 0 aliphatic carbocycles. The van der Waals surface area contributed by atoms with Gasteiger partial charge in [-0.1, -0.05) is 0 Å². The number of fused-ring (bicyclic) bond motifs is 1. The number of carbonyl (C=O) groups is 1. The van der Waals surface area contributed by atoms with Gasteiger partial charge in [-0.15, -0.1) is 0 Å². The van der Waals surface area contributed by atoms with E-state index in [4.69, 9.17) is 14.2 Å². The Bertz CT molecular complexity index is 1070. The molecule has 0 saturated carbocycles. The molecule has 162 valence electrons. The van der Waals surface area contributed by atoms with Gasteiger partial charge in [-0.25, -0.2) is 18.9 Å². The summed E-state index contributed by atoms with van der Waals surface area (Å²) in [6.07, 6.45) is 3.92. The van der Waals surface area contributed by atoms with E-state index < -0.39 is 18.0 Å². The van der Waals surface area contributed by atoms with E-state index in [0.29, 0.717) is 31.0 Å². The predicted molar refractivity (Wildman–Crippen MR) is 107 cm³/mol. The molecule has 31 heavy (non-hydrogen) atoms. The first-order chi connectivity index (χ1) is 15.2. The molecular formula is C20H21FN6O4. The van der Waals surface area contributed by atoms with Gasteiger partial charge in [0, 0.05) is 25.4 Å². The van der Waals surface area contributed by atoms with Gasteiger partial charge in [0.05, 0.1) is 44.9 Å². The molecule has 5 rings (SSSR count). The second-order valence-corrected chi connectivity index (χ2v) is 7.30. The monoisotopic (exact) mass is 428 g/mol. The Morgan fingerprint density at radius 2 is 2.03 bits per heavy atom. The summed E-state index contributed by atoms with van der Waals surface area (Å²) in [5, 5.41) is 7.17. The molecule has 2 atom stereocenters. The first-order valence-corrected chi connectivity index (χ1v) is 10.0. The van der Waals surface area contributed by atoms with E-state index in [1.165, 1.54) is 18.3 Å². The molecule has 2 aliphatic heterocycles. The van der Waals surface area contributed by atoms with Crippen LogP contribution in [-0.4, -0.2) is 77.2 Å². The molecule has 1 N–H and O–H groups in total. The van der Waals surface area contributed by atoms with Gasteiger partial charge in [0.25, 0.3) is 5.91 Å². The first-order valence-electron chi connectivity index (χ1n) is 10.0. The molecule has 3 aromatic heterocycles. The molecule has 10 nitrogen and oxygen atoms in total. The molecule has 5 heterocycles. The third kappa shape index (κ3) is 4.14. The zero-order valence-electron chi connectivity index (χ0n) is 16.6. The molecule has 2 fully saturated rings. The van der Waals surface area contributed by atoms with Crippen molar-refractivity contribution < 1.29 is 23.4 Å². The van der Waals surface area contributed by atoms with Gasteiger partial charge < -0.3 is 24.4 Å². The number of pyridine rings is 1. The maximum absolute atomic E-state index is 13.1. The Hall–Kier alpha value is -3.31. The number of morpholine rings is 1. The van der Waals surface area contributed by atoms with E-state index >= 15 is 0 Å². The van der Waals surface area contributed by atoms with Crippen molar-refractivity contribution in [2.45, 2.75) is 12.1 Å². The third-order valence-corrected chi connectivity index (χ3v) is 5.25. The van der Waals surface area contributed by atoms with Gasteiger partial charge in [-0.05, 0) is 12.1 Å². The van der Waals surface area contributed by atoms with Crippen molar-refractivity contribution >= 4 is 17.4 Å². The largest absolute Gasteiger partial charge is 0.470 e. The number of nitrogens with zero attached hydrogens (tertiary/aromatic N) is 5. The maximum atomic E-state index is 13.1. The van der Waals surface area contributed by atoms with E-state index in [9.17, 15) is 9.18 Å². The summed E-state index contributed by atoms with van der Waals surface area (Å²) in [6.45, 7) is 3.36. The number of amides is 1. The predicted octanol–water partition coefficient (Wildman–Crippen LogP) is 0.676. The summed E-state index contributed by atoms with van der Waals surface area (Å²) < 4.78 is 31.3. The van der Waals surface area contributed by atoms with E-state index in [0.717, 1.165) is 25.1 Å². The number of carbonyl (C=O) groups excluding carboxylic acids is 1. The lowest BCUT2D eigenvalue weighted by Gasteiger charge is -2.27. The highest BCUT2D eigenvalue weighted by molar-refractivity contribution is 6.00. The van der Waals surface area contributed by atoms with E-state index in [2.05, 4.69) is 25.3 Å². The Morgan fingerprint density at radius 1 is 1.16 bits per heavy atom. The van der Waals surface area contributed by atoms with Crippen LogP contribution in [0.25, 0.3) is 5.65 Å². The maximum Gasteiger partial charge on any atom is 0.257 e. The zero-order chi connectivity index (χ0) is 21.2. The number of nitrogens with one attached hydrogen (secondary N) is 1. The molecule has 2 saturated heterocycles. The standard InChI is InChI=1S/C20H21FN6O4/c21-13-1-2-18(22-9-13)31-16-12-30-11-15(16)24-20(28)14-10-23-27-4-3-17(25-19(14)27)26-5-7-29-8-6-26/h1-4,9-10,15-16H,5-8,11-12H2,(H,24,28)/t15-,16+/m1/s1. The highest BCUT2D eigenvalue weighted by Crippen LogP contribution is 2.19. The van der Waals surface area contributed by atoms with Gasteiger partial charge in [0.2, 0.25) is 5.88 Å². The minimum Gasteiger partial charge on any atom is -0.470 e. The van der Waals surface area contributed by atoms with Crippen LogP contribution in [0.15, 0.2) is 36.8 Å². The lowest BCUT2D eigenvalue weighted by molar-refractivity contribution is 0.0903. The molecule has 0 bridgehead atoms. The lowest BCUT2D eigenvalue weighted by Crippen LogP contribution is -2.45. The molecule has 2 aliphatic rings. The van der Waals surface area contributed by atoms with Crippen LogP contribution in [0.5, 0.6) is 5.88 Å². The van der Waals surface area contributed by atoms with E-state index in [-0.39, 0.29) is 18.4 Å². The number of anilines is 1. The van der Waals surface area contributed by atoms with Crippen molar-refractivity contribution in [3.8, 4) is 5.88 Å². The Labute approximate surface area is 176 Å². The Morgan fingerprint density at radius 3 is 2.84 bits per heavy atom. The van der Waals surface area contributed by atoms with Crippen LogP contribution in [0.1, 0.15) is 10.4 Å². The summed E-state index contributed by atoms with van der Waals surface area (Å²) in [4.78, 5) is 23.7. The third-order valence-electron chi connectivity index (χ3n) is 5.25. The van der Waals surface area contributed by atoms with Crippen LogP contribution < -0.4 is 15.0 Å². The number of halogens is 1. The van der Waals surface area contributed by atoms with Crippen LogP contribution in [0.4, 0.5) is 10.2 Å². The average Bonchev–Trinajstić information content (AvgIpc) is 3.42. The summed E-state index contributed by atoms with van der Waals surface area (Å²) in [7, 11) is 0. The normalized spacial score (nSPS) is 21.4. The summed E-state index contributed by atoms with van der Waals surface area (Å²) >= 11 is 0. The van der Waals surface area contributed by atoms with E-state index in [1.807, 2.05) is 6.07 Å². The highest BCUT2D eigenvalue weighted by atomic mass is 19.1. The van der Waals surface area contributed by atoms with Gasteiger partial charge in [0.1, 0.15) is 23.3 Å². The number of hydrogen-bond donors (Lipinski definition) is 1. The zero-order valence-corrected chi connectivity index (χ0v) is 16.6. The lowest BCUT2D eigenvalue weighted by atomic mass is 10.2. The number of hydrogen-bond acceptors (Lipinski definition) is 8. The molecule has 0 spiro atoms. The Kier molecular flexibility index (Phi) is 5.35. The molecular weight excluding hydrogens is 407 g/mol. The molecule has 0 unspecified atom stereocenters. The SMILES string of the molecule is O=C(N[C@@H]1COC[C@@H]1Oc1ccc(F)cn1)c1cnn2ccc(N3CCOCC3)nc12. The highest BCUT2D eigenvalue weighted by Gasteiger charge is 2.33. The van der Waals surface area contributed by atoms with Gasteiger partial charge >= 0.3 is 0 Å². The minimum absolute atomic E-state index is 0.268. The topological polar surface area (TPSA) is 103 Å². The Balaban J connectivity index is 1.31. The molecule has 3 aromatic rings. The summed E-state index contributed by atoms with van der Waals surface area (Å²) in [5.41, 5.74) is 0.832. The van der Waals surface area contributed by atoms with Crippen LogP contribution in [0, 0.1) is 5.82 Å². The van der Waals surface area contributed by atoms with Crippen molar-refractivity contribution in [2.75, 3.05) is 44.4 Å². The second kappa shape index (κ2) is 8.44. The molecule has 0 aromatic carbocycles. The van der Waals surface area contributed by atoms with Crippen LogP contribution in [0.2, 0.25) is 0 Å². The van der Waals surface area contributed by atoms with E-state index in [1.54, 1.807) is 10.7 Å². The first kappa shape index (κ1) is 19.6. The van der Waals surface area contributed by atoms with Crippen molar-refractivity contribution in [3.63, 3.8) is 0 Å². The van der Waals surface area contributed by atoms with Crippen molar-refractivity contribution in [1.82, 2.24) is 24.9 Å². The van der Waals surface area contributed by atoms with Crippen molar-refractivity contribution in [2.24, 2.45) is 0 Å². The number of ether oxygens (including phenoxy) is 3. The molecule has 1 amide bonds. The summed E-state index contributed by atoms with van der Waals surface area (Å²) in [6, 6.07) is 4.19. The van der Waals surface area contributed by atoms with Crippen molar-refractivity contribution in [3.05, 3.63) is 48.2 Å². The van der Waals surface area contributed by atoms with Gasteiger partial charge in [-0.2, -0.15) is 5.10 Å². The van der Waals surface area contributed by atoms with Crippen LogP contribution in [0.3, 0.4) is 0 Å². The van der Waals surface area contributed by atoms with Gasteiger partial charge in [-0.3, -0.25) is 4.79 Å². The van der Waals surface area contributed by atoms with Crippen molar-refractivity contribution in [1.29, 1.82) is 0 Å². The number of rotatable bonds is 5. The summed E-state index contributed by atoms with van der Waals surface area (Å²) in [5.74, 6) is 0.275. The second-order valence-electron chi connectivity index (χ2n) is 7.30. The van der Waals surface area contributed by atoms with Crippen LogP contribution >= 0.6 is 0 Å². The quantitative estimate of drug-likeness (QED) is 0.633. The number of aromatic nitrogens is 4. The average molecular weight is 428 g/mol. The fourth-order valence-corrected chi connectivity index (χ4v) is 3.61.